The molecule has 3 atom stereocenters. The Morgan fingerprint density at radius 3 is 2.90 bits per heavy atom. The molecule has 1 saturated heterocycles. The third-order valence-electron chi connectivity index (χ3n) is 4.88. The molecular formula is C17H24BrNO2. The first-order valence-corrected chi connectivity index (χ1v) is 8.84. The van der Waals surface area contributed by atoms with Gasteiger partial charge in [-0.25, -0.2) is 0 Å². The molecule has 21 heavy (non-hydrogen) atoms. The molecule has 0 radical (unpaired) electrons. The van der Waals surface area contributed by atoms with Crippen molar-refractivity contribution in [3.8, 4) is 5.75 Å². The zero-order valence-electron chi connectivity index (χ0n) is 12.4. The molecule has 2 fully saturated rings. The molecule has 0 bridgehead atoms. The van der Waals surface area contributed by atoms with Crippen LogP contribution in [0.5, 0.6) is 5.75 Å². The van der Waals surface area contributed by atoms with E-state index >= 15 is 0 Å². The van der Waals surface area contributed by atoms with Crippen LogP contribution < -0.4 is 4.74 Å². The highest BCUT2D eigenvalue weighted by Gasteiger charge is 2.37. The van der Waals surface area contributed by atoms with Crippen molar-refractivity contribution in [3.05, 3.63) is 28.7 Å². The molecule has 1 N–H and O–H groups in total. The maximum absolute atomic E-state index is 10.1. The molecule has 1 aliphatic heterocycles. The van der Waals surface area contributed by atoms with Crippen LogP contribution in [0.3, 0.4) is 0 Å². The number of likely N-dealkylation sites (tertiary alicyclic amines) is 1. The molecule has 1 saturated carbocycles. The van der Waals surface area contributed by atoms with Crippen molar-refractivity contribution in [2.75, 3.05) is 19.7 Å². The maximum atomic E-state index is 10.1. The molecule has 3 nitrogen and oxygen atoms in total. The van der Waals surface area contributed by atoms with Gasteiger partial charge in [-0.2, -0.15) is 0 Å². The van der Waals surface area contributed by atoms with Crippen molar-refractivity contribution in [2.45, 2.75) is 44.2 Å². The number of hydrogen-bond donors (Lipinski definition) is 1. The molecule has 3 unspecified atom stereocenters. The minimum Gasteiger partial charge on any atom is -0.492 e. The van der Waals surface area contributed by atoms with E-state index in [0.29, 0.717) is 12.0 Å². The van der Waals surface area contributed by atoms with Gasteiger partial charge in [-0.15, -0.1) is 0 Å². The molecule has 0 amide bonds. The predicted molar refractivity (Wildman–Crippen MR) is 87.6 cm³/mol. The topological polar surface area (TPSA) is 32.7 Å². The first-order valence-electron chi connectivity index (χ1n) is 8.04. The third kappa shape index (κ3) is 3.79. The van der Waals surface area contributed by atoms with Gasteiger partial charge in [0.15, 0.2) is 0 Å². The lowest BCUT2D eigenvalue weighted by molar-refractivity contribution is 0.0690. The Kier molecular flexibility index (Phi) is 5.19. The Balaban J connectivity index is 1.50. The Morgan fingerprint density at radius 1 is 1.24 bits per heavy atom. The van der Waals surface area contributed by atoms with Crippen molar-refractivity contribution in [3.63, 3.8) is 0 Å². The van der Waals surface area contributed by atoms with Crippen LogP contribution in [-0.4, -0.2) is 41.8 Å². The van der Waals surface area contributed by atoms with Crippen LogP contribution in [0.2, 0.25) is 0 Å². The van der Waals surface area contributed by atoms with E-state index in [2.05, 4.69) is 20.8 Å². The van der Waals surface area contributed by atoms with Gasteiger partial charge in [-0.1, -0.05) is 28.4 Å². The van der Waals surface area contributed by atoms with Gasteiger partial charge in [0.1, 0.15) is 12.4 Å². The highest BCUT2D eigenvalue weighted by Crippen LogP contribution is 2.35. The molecule has 116 valence electrons. The SMILES string of the molecule is OC1CCCC1C1CCCN1CCOc1cccc(Br)c1. The zero-order valence-corrected chi connectivity index (χ0v) is 14.0. The van der Waals surface area contributed by atoms with Gasteiger partial charge in [-0.05, 0) is 50.4 Å². The maximum Gasteiger partial charge on any atom is 0.120 e. The Labute approximate surface area is 135 Å². The van der Waals surface area contributed by atoms with Gasteiger partial charge in [0.05, 0.1) is 6.10 Å². The fourth-order valence-corrected chi connectivity index (χ4v) is 4.25. The quantitative estimate of drug-likeness (QED) is 0.879. The van der Waals surface area contributed by atoms with E-state index in [9.17, 15) is 5.11 Å². The van der Waals surface area contributed by atoms with Crippen molar-refractivity contribution >= 4 is 15.9 Å². The van der Waals surface area contributed by atoms with E-state index in [-0.39, 0.29) is 6.10 Å². The number of aliphatic hydroxyl groups is 1. The molecule has 2 aliphatic rings. The first kappa shape index (κ1) is 15.3. The summed E-state index contributed by atoms with van der Waals surface area (Å²) in [6, 6.07) is 8.56. The van der Waals surface area contributed by atoms with Gasteiger partial charge >= 0.3 is 0 Å². The summed E-state index contributed by atoms with van der Waals surface area (Å²) in [4.78, 5) is 2.52. The molecule has 1 aromatic carbocycles. The van der Waals surface area contributed by atoms with E-state index in [0.717, 1.165) is 36.3 Å². The zero-order chi connectivity index (χ0) is 14.7. The predicted octanol–water partition coefficient (Wildman–Crippen LogP) is 3.45. The number of ether oxygens (including phenoxy) is 1. The molecule has 1 aliphatic carbocycles. The Morgan fingerprint density at radius 2 is 2.14 bits per heavy atom. The van der Waals surface area contributed by atoms with Gasteiger partial charge in [0.25, 0.3) is 0 Å². The number of benzene rings is 1. The second-order valence-corrected chi connectivity index (χ2v) is 7.13. The highest BCUT2D eigenvalue weighted by atomic mass is 79.9. The largest absolute Gasteiger partial charge is 0.492 e. The molecular weight excluding hydrogens is 330 g/mol. The van der Waals surface area contributed by atoms with Crippen molar-refractivity contribution in [1.29, 1.82) is 0 Å². The summed E-state index contributed by atoms with van der Waals surface area (Å²) in [7, 11) is 0. The standard InChI is InChI=1S/C17H24BrNO2/c18-13-4-1-5-14(12-13)21-11-10-19-9-3-7-16(19)15-6-2-8-17(15)20/h1,4-5,12,15-17,20H,2-3,6-11H2. The second-order valence-electron chi connectivity index (χ2n) is 6.21. The Bertz CT molecular complexity index is 468. The normalized spacial score (nSPS) is 29.9. The highest BCUT2D eigenvalue weighted by molar-refractivity contribution is 9.10. The lowest BCUT2D eigenvalue weighted by Gasteiger charge is -2.31. The summed E-state index contributed by atoms with van der Waals surface area (Å²) in [5.41, 5.74) is 0. The third-order valence-corrected chi connectivity index (χ3v) is 5.38. The lowest BCUT2D eigenvalue weighted by Crippen LogP contribution is -2.40. The molecule has 1 aromatic rings. The van der Waals surface area contributed by atoms with Crippen LogP contribution in [0, 0.1) is 5.92 Å². The van der Waals surface area contributed by atoms with Crippen molar-refractivity contribution in [2.24, 2.45) is 5.92 Å². The smallest absolute Gasteiger partial charge is 0.120 e. The van der Waals surface area contributed by atoms with Crippen LogP contribution >= 0.6 is 15.9 Å². The van der Waals surface area contributed by atoms with E-state index in [4.69, 9.17) is 4.74 Å². The van der Waals surface area contributed by atoms with Crippen LogP contribution in [0.25, 0.3) is 0 Å². The van der Waals surface area contributed by atoms with Gasteiger partial charge in [0.2, 0.25) is 0 Å². The van der Waals surface area contributed by atoms with Crippen LogP contribution in [-0.2, 0) is 0 Å². The molecule has 0 aromatic heterocycles. The second kappa shape index (κ2) is 7.12. The van der Waals surface area contributed by atoms with Crippen LogP contribution in [0.15, 0.2) is 28.7 Å². The average Bonchev–Trinajstić information content (AvgIpc) is 3.07. The fourth-order valence-electron chi connectivity index (χ4n) is 3.87. The molecule has 4 heteroatoms. The fraction of sp³-hybridized carbons (Fsp3) is 0.647. The Hall–Kier alpha value is -0.580. The molecule has 3 rings (SSSR count). The van der Waals surface area contributed by atoms with Crippen LogP contribution in [0.1, 0.15) is 32.1 Å². The summed E-state index contributed by atoms with van der Waals surface area (Å²) in [6.45, 7) is 2.83. The summed E-state index contributed by atoms with van der Waals surface area (Å²) in [5, 5.41) is 10.1. The number of nitrogens with zero attached hydrogens (tertiary/aromatic N) is 1. The van der Waals surface area contributed by atoms with E-state index < -0.39 is 0 Å². The van der Waals surface area contributed by atoms with Gasteiger partial charge in [-0.3, -0.25) is 4.90 Å². The van der Waals surface area contributed by atoms with Crippen molar-refractivity contribution in [1.82, 2.24) is 4.90 Å². The van der Waals surface area contributed by atoms with E-state index in [1.165, 1.54) is 25.7 Å². The number of halogens is 1. The number of hydrogen-bond acceptors (Lipinski definition) is 3. The lowest BCUT2D eigenvalue weighted by atomic mass is 9.94. The van der Waals surface area contributed by atoms with Gasteiger partial charge in [0, 0.05) is 23.0 Å². The number of aliphatic hydroxyl groups excluding tert-OH is 1. The molecule has 1 heterocycles. The van der Waals surface area contributed by atoms with Crippen LogP contribution in [0.4, 0.5) is 0 Å². The minimum atomic E-state index is -0.0819. The monoisotopic (exact) mass is 353 g/mol. The van der Waals surface area contributed by atoms with E-state index in [1.807, 2.05) is 24.3 Å². The van der Waals surface area contributed by atoms with E-state index in [1.54, 1.807) is 0 Å². The molecule has 0 spiro atoms. The minimum absolute atomic E-state index is 0.0819. The summed E-state index contributed by atoms with van der Waals surface area (Å²) < 4.78 is 6.90. The summed E-state index contributed by atoms with van der Waals surface area (Å²) in [6.07, 6.45) is 5.77. The van der Waals surface area contributed by atoms with Crippen molar-refractivity contribution < 1.29 is 9.84 Å². The first-order chi connectivity index (χ1) is 10.2. The van der Waals surface area contributed by atoms with Gasteiger partial charge < -0.3 is 9.84 Å². The summed E-state index contributed by atoms with van der Waals surface area (Å²) >= 11 is 3.46. The number of rotatable bonds is 5. The average molecular weight is 354 g/mol. The summed E-state index contributed by atoms with van der Waals surface area (Å²) in [5.74, 6) is 1.40.